The summed E-state index contributed by atoms with van der Waals surface area (Å²) in [6.45, 7) is 7.04. The minimum absolute atomic E-state index is 0.0288. The molecule has 0 heterocycles. The van der Waals surface area contributed by atoms with Crippen molar-refractivity contribution in [2.24, 2.45) is 5.92 Å². The quantitative estimate of drug-likeness (QED) is 0.268. The Morgan fingerprint density at radius 2 is 1.88 bits per heavy atom. The molecule has 1 saturated carbocycles. The van der Waals surface area contributed by atoms with Gasteiger partial charge in [0.25, 0.3) is 0 Å². The van der Waals surface area contributed by atoms with Crippen LogP contribution in [0.4, 0.5) is 0 Å². The molecule has 0 aromatic heterocycles. The Kier molecular flexibility index (Phi) is 12.7. The Balaban J connectivity index is 2.29. The summed E-state index contributed by atoms with van der Waals surface area (Å²) >= 11 is 0. The summed E-state index contributed by atoms with van der Waals surface area (Å²) in [6, 6.07) is 3.98. The first kappa shape index (κ1) is 28.4. The van der Waals surface area contributed by atoms with Crippen molar-refractivity contribution in [2.45, 2.75) is 103 Å². The van der Waals surface area contributed by atoms with Gasteiger partial charge in [0.15, 0.2) is 17.3 Å². The number of hydrogen-bond acceptors (Lipinski definition) is 5. The number of ether oxygens (including phenoxy) is 2. The second-order valence-corrected chi connectivity index (χ2v) is 10.2. The lowest BCUT2D eigenvalue weighted by Gasteiger charge is -2.23. The first-order valence-electron chi connectivity index (χ1n) is 13.2. The van der Waals surface area contributed by atoms with Crippen LogP contribution < -0.4 is 4.74 Å². The number of carbonyl (C=O) groups excluding carboxylic acids is 1. The molecular weight excluding hydrogens is 428 g/mol. The molecule has 1 aromatic rings. The minimum Gasteiger partial charge on any atom is -0.504 e. The Hall–Kier alpha value is -1.85. The molecule has 2 rings (SSSR count). The summed E-state index contributed by atoms with van der Waals surface area (Å²) in [5.41, 5.74) is 2.71. The smallest absolute Gasteiger partial charge is 0.161 e. The van der Waals surface area contributed by atoms with Gasteiger partial charge in [-0.3, -0.25) is 4.79 Å². The Bertz CT molecular complexity index is 777. The third-order valence-corrected chi connectivity index (χ3v) is 6.76. The fourth-order valence-electron chi connectivity index (χ4n) is 4.76. The molecule has 0 aliphatic heterocycles. The number of hydrogen-bond donors (Lipinski definition) is 2. The van der Waals surface area contributed by atoms with Crippen LogP contribution in [-0.2, 0) is 16.0 Å². The first-order chi connectivity index (χ1) is 16.4. The summed E-state index contributed by atoms with van der Waals surface area (Å²) in [7, 11) is 1.71. The summed E-state index contributed by atoms with van der Waals surface area (Å²) in [6.07, 6.45) is 11.6. The van der Waals surface area contributed by atoms with Crippen LogP contribution in [0.5, 0.6) is 11.5 Å². The van der Waals surface area contributed by atoms with Crippen LogP contribution in [0.15, 0.2) is 23.8 Å². The molecule has 1 aliphatic rings. The zero-order valence-electron chi connectivity index (χ0n) is 21.8. The number of carbonyl (C=O) groups is 1. The molecule has 2 N–H and O–H groups in total. The monoisotopic (exact) mass is 474 g/mol. The number of ketones is 1. The van der Waals surface area contributed by atoms with E-state index in [1.54, 1.807) is 13.2 Å². The largest absolute Gasteiger partial charge is 0.504 e. The average molecular weight is 475 g/mol. The van der Waals surface area contributed by atoms with Crippen LogP contribution in [0, 0.1) is 5.92 Å². The van der Waals surface area contributed by atoms with Crippen molar-refractivity contribution >= 4 is 5.78 Å². The lowest BCUT2D eigenvalue weighted by Crippen LogP contribution is -2.13. The fraction of sp³-hybridized carbons (Fsp3) is 0.690. The van der Waals surface area contributed by atoms with Crippen molar-refractivity contribution in [3.63, 3.8) is 0 Å². The SMILES string of the molecule is CCC/C(=C/C(=O)CCc1cc(OC2CCCC2)c(O)c([C@H](CCOC)CCC(C)C)c1)CO. The molecule has 0 unspecified atom stereocenters. The molecule has 34 heavy (non-hydrogen) atoms. The van der Waals surface area contributed by atoms with E-state index in [1.807, 2.05) is 13.0 Å². The number of aliphatic hydroxyl groups excluding tert-OH is 1. The summed E-state index contributed by atoms with van der Waals surface area (Å²) < 4.78 is 11.6. The van der Waals surface area contributed by atoms with Crippen LogP contribution in [0.2, 0.25) is 0 Å². The van der Waals surface area contributed by atoms with Crippen LogP contribution in [0.1, 0.15) is 102 Å². The number of aliphatic hydroxyl groups is 1. The number of phenols is 1. The third-order valence-electron chi connectivity index (χ3n) is 6.76. The molecule has 1 aromatic carbocycles. The number of aromatic hydroxyl groups is 1. The van der Waals surface area contributed by atoms with Crippen LogP contribution in [0.3, 0.4) is 0 Å². The van der Waals surface area contributed by atoms with Crippen molar-refractivity contribution in [1.82, 2.24) is 0 Å². The predicted molar refractivity (Wildman–Crippen MR) is 138 cm³/mol. The number of phenolic OH excluding ortho intramolecular Hbond substituents is 1. The molecule has 0 saturated heterocycles. The van der Waals surface area contributed by atoms with E-state index in [4.69, 9.17) is 9.47 Å². The van der Waals surface area contributed by atoms with Gasteiger partial charge in [-0.05, 0) is 86.5 Å². The Morgan fingerprint density at radius 1 is 1.15 bits per heavy atom. The van der Waals surface area contributed by atoms with Crippen LogP contribution in [-0.4, -0.2) is 42.4 Å². The second-order valence-electron chi connectivity index (χ2n) is 10.2. The molecule has 0 amide bonds. The number of aryl methyl sites for hydroxylation is 1. The van der Waals surface area contributed by atoms with Gasteiger partial charge in [0.1, 0.15) is 0 Å². The predicted octanol–water partition coefficient (Wildman–Crippen LogP) is 6.49. The van der Waals surface area contributed by atoms with Crippen LogP contribution in [0.25, 0.3) is 0 Å². The summed E-state index contributed by atoms with van der Waals surface area (Å²) in [4.78, 5) is 12.5. The van der Waals surface area contributed by atoms with E-state index < -0.39 is 0 Å². The summed E-state index contributed by atoms with van der Waals surface area (Å²) in [5.74, 6) is 1.59. The van der Waals surface area contributed by atoms with E-state index in [9.17, 15) is 15.0 Å². The minimum atomic E-state index is -0.0701. The maximum absolute atomic E-state index is 12.5. The standard InChI is InChI=1S/C29H46O5/c1-5-8-23(20-30)17-25(31)14-12-22-18-27(24(15-16-33-4)13-11-21(2)3)29(32)28(19-22)34-26-9-6-7-10-26/h17-19,21,24,26,30,32H,5-16,20H2,1-4H3/b23-17-/t24-/m0/s1. The molecule has 0 bridgehead atoms. The molecule has 0 spiro atoms. The van der Waals surface area contributed by atoms with Crippen LogP contribution >= 0.6 is 0 Å². The normalized spacial score (nSPS) is 15.8. The number of benzene rings is 1. The Labute approximate surface area is 206 Å². The Morgan fingerprint density at radius 3 is 2.50 bits per heavy atom. The number of allylic oxidation sites excluding steroid dienone is 1. The molecule has 1 atom stereocenters. The molecule has 5 heteroatoms. The van der Waals surface area contributed by atoms with E-state index in [2.05, 4.69) is 19.9 Å². The highest BCUT2D eigenvalue weighted by Gasteiger charge is 2.23. The maximum Gasteiger partial charge on any atom is 0.161 e. The van der Waals surface area contributed by atoms with Crippen molar-refractivity contribution < 1.29 is 24.5 Å². The molecular formula is C29H46O5. The zero-order valence-corrected chi connectivity index (χ0v) is 21.8. The molecule has 1 fully saturated rings. The molecule has 0 radical (unpaired) electrons. The molecule has 1 aliphatic carbocycles. The number of rotatable bonds is 16. The van der Waals surface area contributed by atoms with Gasteiger partial charge in [0.2, 0.25) is 0 Å². The van der Waals surface area contributed by atoms with E-state index in [1.165, 1.54) is 0 Å². The van der Waals surface area contributed by atoms with Gasteiger partial charge in [0.05, 0.1) is 12.7 Å². The van der Waals surface area contributed by atoms with E-state index >= 15 is 0 Å². The average Bonchev–Trinajstić information content (AvgIpc) is 3.32. The van der Waals surface area contributed by atoms with Crippen molar-refractivity contribution in [3.05, 3.63) is 34.9 Å². The third kappa shape index (κ3) is 9.42. The lowest BCUT2D eigenvalue weighted by atomic mass is 9.86. The van der Waals surface area contributed by atoms with Gasteiger partial charge < -0.3 is 19.7 Å². The van der Waals surface area contributed by atoms with Gasteiger partial charge >= 0.3 is 0 Å². The molecule has 5 nitrogen and oxygen atoms in total. The first-order valence-corrected chi connectivity index (χ1v) is 13.2. The van der Waals surface area contributed by atoms with Crippen molar-refractivity contribution in [2.75, 3.05) is 20.3 Å². The van der Waals surface area contributed by atoms with Gasteiger partial charge in [0, 0.05) is 25.7 Å². The lowest BCUT2D eigenvalue weighted by molar-refractivity contribution is -0.114. The highest BCUT2D eigenvalue weighted by molar-refractivity contribution is 5.90. The van der Waals surface area contributed by atoms with Gasteiger partial charge in [-0.15, -0.1) is 0 Å². The van der Waals surface area contributed by atoms with Gasteiger partial charge in [-0.2, -0.15) is 0 Å². The number of methoxy groups -OCH3 is 1. The van der Waals surface area contributed by atoms with E-state index in [-0.39, 0.29) is 30.2 Å². The van der Waals surface area contributed by atoms with Gasteiger partial charge in [-0.1, -0.05) is 39.7 Å². The van der Waals surface area contributed by atoms with Gasteiger partial charge in [-0.25, -0.2) is 0 Å². The molecule has 192 valence electrons. The van der Waals surface area contributed by atoms with E-state index in [0.717, 1.165) is 74.5 Å². The summed E-state index contributed by atoms with van der Waals surface area (Å²) in [5, 5.41) is 20.7. The highest BCUT2D eigenvalue weighted by atomic mass is 16.5. The van der Waals surface area contributed by atoms with E-state index in [0.29, 0.717) is 31.1 Å². The topological polar surface area (TPSA) is 76.0 Å². The maximum atomic E-state index is 12.5. The highest BCUT2D eigenvalue weighted by Crippen LogP contribution is 2.41. The second kappa shape index (κ2) is 15.2. The zero-order chi connectivity index (χ0) is 24.9. The van der Waals surface area contributed by atoms with Crippen molar-refractivity contribution in [1.29, 1.82) is 0 Å². The van der Waals surface area contributed by atoms with Crippen molar-refractivity contribution in [3.8, 4) is 11.5 Å². The fourth-order valence-corrected chi connectivity index (χ4v) is 4.76.